The number of nitrogens with two attached hydrogens (primary N) is 1. The Kier molecular flexibility index (Phi) is 3.92. The van der Waals surface area contributed by atoms with Crippen molar-refractivity contribution >= 4 is 13.6 Å². The van der Waals surface area contributed by atoms with Crippen molar-refractivity contribution in [1.82, 2.24) is 9.55 Å². The summed E-state index contributed by atoms with van der Waals surface area (Å²) < 4.78 is 21.4. The average Bonchev–Trinajstić information content (AvgIpc) is 2.83. The molecule has 0 aromatic carbocycles. The normalized spacial score (nSPS) is 31.8. The first-order valence-corrected chi connectivity index (χ1v) is 6.81. The molecule has 0 bridgehead atoms. The van der Waals surface area contributed by atoms with Crippen molar-refractivity contribution in [3.63, 3.8) is 0 Å². The highest BCUT2D eigenvalue weighted by atomic mass is 31.2. The molecule has 1 aliphatic heterocycles. The lowest BCUT2D eigenvalue weighted by atomic mass is 10.1. The number of nitrogens with zero attached hydrogens (tertiary/aromatic N) is 2. The lowest BCUT2D eigenvalue weighted by Crippen LogP contribution is -2.33. The second-order valence-corrected chi connectivity index (χ2v) is 5.32. The summed E-state index contributed by atoms with van der Waals surface area (Å²) in [6.45, 7) is -0.552. The van der Waals surface area contributed by atoms with Crippen molar-refractivity contribution in [2.45, 2.75) is 24.5 Å². The fourth-order valence-corrected chi connectivity index (χ4v) is 2.12. The highest BCUT2D eigenvalue weighted by molar-refractivity contribution is 7.46. The molecule has 1 aromatic heterocycles. The molecule has 1 aliphatic rings. The van der Waals surface area contributed by atoms with Gasteiger partial charge in [-0.15, -0.1) is 0 Å². The van der Waals surface area contributed by atoms with E-state index in [4.69, 9.17) is 20.3 Å². The number of rotatable bonds is 4. The van der Waals surface area contributed by atoms with E-state index in [9.17, 15) is 14.8 Å². The maximum Gasteiger partial charge on any atom is 0.469 e. The SMILES string of the molecule is Nc1cn(C2O[C@H](COP(=O)(O)O)[C@@H](O)[C@H]2O)cn1. The van der Waals surface area contributed by atoms with Crippen LogP contribution >= 0.6 is 7.82 Å². The van der Waals surface area contributed by atoms with E-state index >= 15 is 0 Å². The predicted octanol–water partition coefficient (Wildman–Crippen LogP) is -1.81. The third kappa shape index (κ3) is 3.31. The van der Waals surface area contributed by atoms with Crippen LogP contribution < -0.4 is 5.73 Å². The van der Waals surface area contributed by atoms with E-state index in [1.165, 1.54) is 17.1 Å². The molecule has 0 saturated carbocycles. The molecule has 4 atom stereocenters. The highest BCUT2D eigenvalue weighted by Crippen LogP contribution is 2.38. The van der Waals surface area contributed by atoms with Crippen LogP contribution in [0.5, 0.6) is 0 Å². The largest absolute Gasteiger partial charge is 0.469 e. The molecule has 1 saturated heterocycles. The summed E-state index contributed by atoms with van der Waals surface area (Å²) in [4.78, 5) is 20.9. The fraction of sp³-hybridized carbons (Fsp3) is 0.625. The summed E-state index contributed by atoms with van der Waals surface area (Å²) in [7, 11) is -4.66. The second-order valence-electron chi connectivity index (χ2n) is 4.08. The van der Waals surface area contributed by atoms with Crippen LogP contribution in [-0.2, 0) is 13.8 Å². The first kappa shape index (κ1) is 14.4. The summed E-state index contributed by atoms with van der Waals surface area (Å²) in [6, 6.07) is 0. The van der Waals surface area contributed by atoms with E-state index < -0.39 is 39.0 Å². The van der Waals surface area contributed by atoms with Gasteiger partial charge in [0.1, 0.15) is 24.1 Å². The number of nitrogen functional groups attached to an aromatic ring is 1. The molecule has 0 radical (unpaired) electrons. The number of phosphoric ester groups is 1. The Labute approximate surface area is 107 Å². The van der Waals surface area contributed by atoms with Crippen LogP contribution in [0.25, 0.3) is 0 Å². The van der Waals surface area contributed by atoms with E-state index in [1.54, 1.807) is 0 Å². The van der Waals surface area contributed by atoms with Gasteiger partial charge in [0.25, 0.3) is 0 Å². The summed E-state index contributed by atoms with van der Waals surface area (Å²) in [5, 5.41) is 19.5. The first-order valence-electron chi connectivity index (χ1n) is 5.28. The maximum absolute atomic E-state index is 10.6. The molecule has 6 N–H and O–H groups in total. The third-order valence-corrected chi connectivity index (χ3v) is 3.14. The number of aliphatic hydroxyl groups excluding tert-OH is 2. The van der Waals surface area contributed by atoms with E-state index in [0.29, 0.717) is 0 Å². The van der Waals surface area contributed by atoms with Crippen LogP contribution in [0.4, 0.5) is 5.82 Å². The quantitative estimate of drug-likeness (QED) is 0.403. The van der Waals surface area contributed by atoms with Gasteiger partial charge < -0.3 is 35.0 Å². The van der Waals surface area contributed by atoms with Gasteiger partial charge in [-0.3, -0.25) is 4.52 Å². The molecular weight excluding hydrogens is 281 g/mol. The first-order chi connectivity index (χ1) is 8.78. The number of imidazole rings is 1. The van der Waals surface area contributed by atoms with Crippen LogP contribution in [0.2, 0.25) is 0 Å². The molecule has 2 rings (SSSR count). The molecule has 1 unspecified atom stereocenters. The van der Waals surface area contributed by atoms with Crippen molar-refractivity contribution in [3.8, 4) is 0 Å². The maximum atomic E-state index is 10.6. The summed E-state index contributed by atoms with van der Waals surface area (Å²) in [5.41, 5.74) is 5.42. The van der Waals surface area contributed by atoms with Gasteiger partial charge in [-0.05, 0) is 0 Å². The monoisotopic (exact) mass is 295 g/mol. The van der Waals surface area contributed by atoms with Gasteiger partial charge in [0.2, 0.25) is 0 Å². The number of ether oxygens (including phenoxy) is 1. The number of hydrogen-bond acceptors (Lipinski definition) is 7. The van der Waals surface area contributed by atoms with Crippen LogP contribution in [0.15, 0.2) is 12.5 Å². The van der Waals surface area contributed by atoms with Crippen molar-refractivity contribution in [3.05, 3.63) is 12.5 Å². The van der Waals surface area contributed by atoms with E-state index in [0.717, 1.165) is 0 Å². The Bertz CT molecular complexity index is 488. The van der Waals surface area contributed by atoms with Crippen molar-refractivity contribution in [1.29, 1.82) is 0 Å². The minimum absolute atomic E-state index is 0.209. The Morgan fingerprint density at radius 3 is 2.68 bits per heavy atom. The van der Waals surface area contributed by atoms with Crippen LogP contribution in [0.1, 0.15) is 6.23 Å². The highest BCUT2D eigenvalue weighted by Gasteiger charge is 2.44. The minimum atomic E-state index is -4.66. The topological polar surface area (TPSA) is 160 Å². The molecule has 19 heavy (non-hydrogen) atoms. The van der Waals surface area contributed by atoms with Gasteiger partial charge in [-0.1, -0.05) is 0 Å². The molecule has 10 nitrogen and oxygen atoms in total. The molecule has 1 fully saturated rings. The standard InChI is InChI=1S/C8H14N3O7P/c9-5-1-11(3-10-5)8-7(13)6(12)4(18-8)2-17-19(14,15)16/h1,3-4,6-8,12-13H,2,9H2,(H2,14,15,16)/t4-,6-,7-,8?/m1/s1. The molecule has 108 valence electrons. The molecule has 2 heterocycles. The van der Waals surface area contributed by atoms with E-state index in [1.807, 2.05) is 0 Å². The molecule has 11 heteroatoms. The zero-order valence-corrected chi connectivity index (χ0v) is 10.5. The van der Waals surface area contributed by atoms with Gasteiger partial charge >= 0.3 is 7.82 Å². The van der Waals surface area contributed by atoms with Crippen LogP contribution in [-0.4, -0.2) is 54.5 Å². The van der Waals surface area contributed by atoms with Gasteiger partial charge in [-0.25, -0.2) is 9.55 Å². The third-order valence-electron chi connectivity index (χ3n) is 2.66. The summed E-state index contributed by atoms with van der Waals surface area (Å²) in [6.07, 6.45) is -1.96. The van der Waals surface area contributed by atoms with Crippen LogP contribution in [0.3, 0.4) is 0 Å². The number of hydrogen-bond donors (Lipinski definition) is 5. The smallest absolute Gasteiger partial charge is 0.387 e. The number of phosphoric acid groups is 1. The lowest BCUT2D eigenvalue weighted by molar-refractivity contribution is -0.0520. The summed E-state index contributed by atoms with van der Waals surface area (Å²) in [5.74, 6) is 0.209. The average molecular weight is 295 g/mol. The Morgan fingerprint density at radius 1 is 1.47 bits per heavy atom. The predicted molar refractivity (Wildman–Crippen MR) is 60.6 cm³/mol. The van der Waals surface area contributed by atoms with Crippen LogP contribution in [0, 0.1) is 0 Å². The van der Waals surface area contributed by atoms with Gasteiger partial charge in [0.05, 0.1) is 12.9 Å². The second kappa shape index (κ2) is 5.17. The number of aromatic nitrogens is 2. The minimum Gasteiger partial charge on any atom is -0.387 e. The Hall–Kier alpha value is -1.00. The fourth-order valence-electron chi connectivity index (χ4n) is 1.78. The van der Waals surface area contributed by atoms with Crippen molar-refractivity contribution in [2.24, 2.45) is 0 Å². The molecule has 0 spiro atoms. The van der Waals surface area contributed by atoms with Crippen molar-refractivity contribution in [2.75, 3.05) is 12.3 Å². The van der Waals surface area contributed by atoms with Gasteiger partial charge in [-0.2, -0.15) is 0 Å². The van der Waals surface area contributed by atoms with Gasteiger partial charge in [0, 0.05) is 6.20 Å². The molecular formula is C8H14N3O7P. The van der Waals surface area contributed by atoms with E-state index in [2.05, 4.69) is 9.51 Å². The van der Waals surface area contributed by atoms with Crippen molar-refractivity contribution < 1.29 is 33.8 Å². The molecule has 0 amide bonds. The molecule has 0 aliphatic carbocycles. The Balaban J connectivity index is 2.04. The lowest BCUT2D eigenvalue weighted by Gasteiger charge is -2.15. The summed E-state index contributed by atoms with van der Waals surface area (Å²) >= 11 is 0. The number of anilines is 1. The zero-order valence-electron chi connectivity index (χ0n) is 9.60. The Morgan fingerprint density at radius 2 is 2.16 bits per heavy atom. The molecule has 1 aromatic rings. The number of aliphatic hydroxyl groups is 2. The van der Waals surface area contributed by atoms with E-state index in [-0.39, 0.29) is 5.82 Å². The zero-order chi connectivity index (χ0) is 14.2. The van der Waals surface area contributed by atoms with Gasteiger partial charge in [0.15, 0.2) is 6.23 Å².